The molecule has 4 heterocycles. The Morgan fingerprint density at radius 2 is 2.04 bits per heavy atom. The lowest BCUT2D eigenvalue weighted by atomic mass is 9.92. The fraction of sp³-hybridized carbons (Fsp3) is 0.400. The lowest BCUT2D eigenvalue weighted by Gasteiger charge is -2.20. The Bertz CT molecular complexity index is 977. The van der Waals surface area contributed by atoms with Crippen LogP contribution in [0.15, 0.2) is 30.7 Å². The number of rotatable bonds is 5. The predicted octanol–water partition coefficient (Wildman–Crippen LogP) is 2.06. The monoisotopic (exact) mass is 366 g/mol. The van der Waals surface area contributed by atoms with Gasteiger partial charge in [-0.1, -0.05) is 0 Å². The number of nitrogens with zero attached hydrogens (tertiary/aromatic N) is 4. The molecule has 0 radical (unpaired) electrons. The fourth-order valence-corrected chi connectivity index (χ4v) is 3.55. The highest BCUT2D eigenvalue weighted by molar-refractivity contribution is 5.86. The molecule has 1 aliphatic rings. The van der Waals surface area contributed by atoms with Crippen LogP contribution in [0.1, 0.15) is 24.2 Å². The van der Waals surface area contributed by atoms with Crippen LogP contribution in [-0.2, 0) is 29.6 Å². The largest absolute Gasteiger partial charge is 0.390 e. The lowest BCUT2D eigenvalue weighted by molar-refractivity contribution is -0.125. The van der Waals surface area contributed by atoms with Gasteiger partial charge in [0.2, 0.25) is 0 Å². The Labute approximate surface area is 157 Å². The van der Waals surface area contributed by atoms with Crippen molar-refractivity contribution in [3.05, 3.63) is 42.1 Å². The average molecular weight is 366 g/mol. The van der Waals surface area contributed by atoms with E-state index >= 15 is 0 Å². The molecule has 140 valence electrons. The Hall–Kier alpha value is -2.64. The van der Waals surface area contributed by atoms with Crippen LogP contribution in [0.5, 0.6) is 0 Å². The molecule has 0 bridgehead atoms. The average Bonchev–Trinajstić information content (AvgIpc) is 3.08. The number of fused-ring (bicyclic) bond motifs is 1. The standard InChI is InChI=1S/C20H22N4O3/c1-24-19(12-25)17(10-23-24)15-6-14-7-16(21-11-18(14)22-9-15)8-20(26)13-2-4-27-5-3-13/h6-7,9-11,13,25H,2-5,8,12H2,1H3. The maximum absolute atomic E-state index is 12.5. The Morgan fingerprint density at radius 3 is 2.81 bits per heavy atom. The first-order chi connectivity index (χ1) is 13.2. The first kappa shape index (κ1) is 17.8. The van der Waals surface area contributed by atoms with E-state index in [2.05, 4.69) is 15.1 Å². The van der Waals surface area contributed by atoms with Crippen molar-refractivity contribution in [2.45, 2.75) is 25.9 Å². The number of ketones is 1. The zero-order valence-electron chi connectivity index (χ0n) is 15.3. The third-order valence-corrected chi connectivity index (χ3v) is 5.18. The maximum atomic E-state index is 12.5. The second kappa shape index (κ2) is 7.54. The van der Waals surface area contributed by atoms with Crippen molar-refractivity contribution in [1.82, 2.24) is 19.7 Å². The number of ether oxygens (including phenoxy) is 1. The smallest absolute Gasteiger partial charge is 0.142 e. The number of carbonyl (C=O) groups excluding carboxylic acids is 1. The van der Waals surface area contributed by atoms with Crippen molar-refractivity contribution < 1.29 is 14.6 Å². The quantitative estimate of drug-likeness (QED) is 0.743. The third kappa shape index (κ3) is 3.61. The molecule has 0 aliphatic carbocycles. The SMILES string of the molecule is Cn1ncc(-c2cnc3cnc(CC(=O)C4CCOCC4)cc3c2)c1CO. The summed E-state index contributed by atoms with van der Waals surface area (Å²) >= 11 is 0. The van der Waals surface area contributed by atoms with Crippen LogP contribution >= 0.6 is 0 Å². The number of aryl methyl sites for hydroxylation is 1. The number of aliphatic hydroxyl groups excluding tert-OH is 1. The van der Waals surface area contributed by atoms with Gasteiger partial charge < -0.3 is 9.84 Å². The van der Waals surface area contributed by atoms with E-state index in [0.717, 1.165) is 46.3 Å². The van der Waals surface area contributed by atoms with Crippen LogP contribution < -0.4 is 0 Å². The van der Waals surface area contributed by atoms with E-state index < -0.39 is 0 Å². The summed E-state index contributed by atoms with van der Waals surface area (Å²) in [5.41, 5.74) is 4.00. The second-order valence-electron chi connectivity index (χ2n) is 6.91. The normalized spacial score (nSPS) is 15.3. The molecule has 27 heavy (non-hydrogen) atoms. The minimum absolute atomic E-state index is 0.0724. The van der Waals surface area contributed by atoms with Crippen molar-refractivity contribution >= 4 is 16.7 Å². The van der Waals surface area contributed by atoms with Crippen LogP contribution in [0.4, 0.5) is 0 Å². The van der Waals surface area contributed by atoms with E-state index in [-0.39, 0.29) is 18.3 Å². The first-order valence-corrected chi connectivity index (χ1v) is 9.13. The summed E-state index contributed by atoms with van der Waals surface area (Å²) in [4.78, 5) is 21.4. The number of hydrogen-bond acceptors (Lipinski definition) is 6. The minimum atomic E-state index is -0.0922. The molecule has 0 unspecified atom stereocenters. The predicted molar refractivity (Wildman–Crippen MR) is 99.9 cm³/mol. The summed E-state index contributed by atoms with van der Waals surface area (Å²) in [5.74, 6) is 0.298. The highest BCUT2D eigenvalue weighted by atomic mass is 16.5. The van der Waals surface area contributed by atoms with E-state index in [1.54, 1.807) is 30.3 Å². The summed E-state index contributed by atoms with van der Waals surface area (Å²) in [6.07, 6.45) is 7.12. The summed E-state index contributed by atoms with van der Waals surface area (Å²) in [5, 5.41) is 14.7. The third-order valence-electron chi connectivity index (χ3n) is 5.18. The maximum Gasteiger partial charge on any atom is 0.142 e. The molecule has 0 spiro atoms. The molecular formula is C20H22N4O3. The van der Waals surface area contributed by atoms with Gasteiger partial charge in [0, 0.05) is 61.0 Å². The van der Waals surface area contributed by atoms with Gasteiger partial charge in [-0.15, -0.1) is 0 Å². The van der Waals surface area contributed by atoms with Gasteiger partial charge in [0.25, 0.3) is 0 Å². The van der Waals surface area contributed by atoms with Gasteiger partial charge in [-0.05, 0) is 25.0 Å². The lowest BCUT2D eigenvalue weighted by Crippen LogP contribution is -2.25. The van der Waals surface area contributed by atoms with Crippen LogP contribution in [0.2, 0.25) is 0 Å². The molecule has 1 aliphatic heterocycles. The van der Waals surface area contributed by atoms with E-state index in [0.29, 0.717) is 19.6 Å². The number of Topliss-reactive ketones (excluding diaryl/α,β-unsaturated/α-hetero) is 1. The molecule has 1 fully saturated rings. The minimum Gasteiger partial charge on any atom is -0.390 e. The van der Waals surface area contributed by atoms with Crippen molar-refractivity contribution in [2.75, 3.05) is 13.2 Å². The van der Waals surface area contributed by atoms with Gasteiger partial charge in [0.05, 0.1) is 30.2 Å². The molecule has 0 aromatic carbocycles. The zero-order valence-corrected chi connectivity index (χ0v) is 15.3. The van der Waals surface area contributed by atoms with Crippen molar-refractivity contribution in [3.63, 3.8) is 0 Å². The van der Waals surface area contributed by atoms with Gasteiger partial charge in [0.1, 0.15) is 5.78 Å². The van der Waals surface area contributed by atoms with Crippen molar-refractivity contribution in [2.24, 2.45) is 13.0 Å². The van der Waals surface area contributed by atoms with Crippen LogP contribution in [0.3, 0.4) is 0 Å². The van der Waals surface area contributed by atoms with E-state index in [4.69, 9.17) is 4.74 Å². The van der Waals surface area contributed by atoms with Crippen LogP contribution in [-0.4, -0.2) is 43.9 Å². The van der Waals surface area contributed by atoms with Gasteiger partial charge in [0.15, 0.2) is 0 Å². The Kier molecular flexibility index (Phi) is 4.96. The second-order valence-corrected chi connectivity index (χ2v) is 6.91. The summed E-state index contributed by atoms with van der Waals surface area (Å²) in [7, 11) is 1.80. The van der Waals surface area contributed by atoms with Gasteiger partial charge in [-0.25, -0.2) is 0 Å². The number of aliphatic hydroxyl groups is 1. The van der Waals surface area contributed by atoms with Gasteiger partial charge in [-0.2, -0.15) is 5.10 Å². The summed E-state index contributed by atoms with van der Waals surface area (Å²) < 4.78 is 6.99. The summed E-state index contributed by atoms with van der Waals surface area (Å²) in [6.45, 7) is 1.23. The molecule has 0 saturated carbocycles. The number of pyridine rings is 2. The number of carbonyl (C=O) groups is 1. The number of hydrogen-bond donors (Lipinski definition) is 1. The molecule has 7 heteroatoms. The highest BCUT2D eigenvalue weighted by Crippen LogP contribution is 2.26. The molecule has 1 saturated heterocycles. The number of aromatic nitrogens is 4. The Morgan fingerprint density at radius 1 is 1.22 bits per heavy atom. The van der Waals surface area contributed by atoms with E-state index in [9.17, 15) is 9.90 Å². The molecule has 4 rings (SSSR count). The van der Waals surface area contributed by atoms with E-state index in [1.807, 2.05) is 12.1 Å². The zero-order chi connectivity index (χ0) is 18.8. The molecule has 3 aromatic heterocycles. The summed E-state index contributed by atoms with van der Waals surface area (Å²) in [6, 6.07) is 3.93. The fourth-order valence-electron chi connectivity index (χ4n) is 3.55. The van der Waals surface area contributed by atoms with Crippen LogP contribution in [0, 0.1) is 5.92 Å². The molecule has 0 atom stereocenters. The van der Waals surface area contributed by atoms with Crippen LogP contribution in [0.25, 0.3) is 22.0 Å². The molecule has 1 N–H and O–H groups in total. The molecule has 7 nitrogen and oxygen atoms in total. The first-order valence-electron chi connectivity index (χ1n) is 9.13. The van der Waals surface area contributed by atoms with Gasteiger partial charge in [-0.3, -0.25) is 19.4 Å². The molecular weight excluding hydrogens is 344 g/mol. The van der Waals surface area contributed by atoms with Crippen molar-refractivity contribution in [1.29, 1.82) is 0 Å². The highest BCUT2D eigenvalue weighted by Gasteiger charge is 2.22. The van der Waals surface area contributed by atoms with Crippen molar-refractivity contribution in [3.8, 4) is 11.1 Å². The topological polar surface area (TPSA) is 90.1 Å². The Balaban J connectivity index is 1.62. The van der Waals surface area contributed by atoms with Gasteiger partial charge >= 0.3 is 0 Å². The van der Waals surface area contributed by atoms with E-state index in [1.165, 1.54) is 0 Å². The molecule has 0 amide bonds. The molecule has 3 aromatic rings.